The third-order valence-electron chi connectivity index (χ3n) is 4.01. The number of thioether (sulfide) groups is 1. The van der Waals surface area contributed by atoms with Gasteiger partial charge in [-0.15, -0.1) is 11.3 Å². The number of hydrogen-bond donors (Lipinski definition) is 1. The van der Waals surface area contributed by atoms with Crippen molar-refractivity contribution in [2.45, 2.75) is 36.3 Å². The first-order valence-corrected chi connectivity index (χ1v) is 11.0. The molecule has 27 heavy (non-hydrogen) atoms. The molecule has 6 heteroatoms. The van der Waals surface area contributed by atoms with E-state index in [1.54, 1.807) is 23.1 Å². The molecule has 1 heterocycles. The van der Waals surface area contributed by atoms with Crippen molar-refractivity contribution < 1.29 is 4.79 Å². The Labute approximate surface area is 173 Å². The van der Waals surface area contributed by atoms with Crippen LogP contribution >= 0.6 is 34.7 Å². The van der Waals surface area contributed by atoms with Gasteiger partial charge >= 0.3 is 0 Å². The van der Waals surface area contributed by atoms with Gasteiger partial charge in [-0.05, 0) is 41.3 Å². The molecule has 140 valence electrons. The molecule has 0 unspecified atom stereocenters. The average molecular weight is 417 g/mol. The predicted octanol–water partition coefficient (Wildman–Crippen LogP) is 6.39. The normalized spacial score (nSPS) is 11.0. The average Bonchev–Trinajstić information content (AvgIpc) is 3.09. The molecule has 3 nitrogen and oxygen atoms in total. The molecule has 2 aromatic carbocycles. The van der Waals surface area contributed by atoms with Crippen molar-refractivity contribution in [3.8, 4) is 0 Å². The third-order valence-corrected chi connectivity index (χ3v) is 6.40. The minimum Gasteiger partial charge on any atom is -0.326 e. The Morgan fingerprint density at radius 2 is 1.85 bits per heavy atom. The van der Waals surface area contributed by atoms with Gasteiger partial charge in [0.1, 0.15) is 4.34 Å². The first-order valence-electron chi connectivity index (χ1n) is 8.71. The van der Waals surface area contributed by atoms with Crippen molar-refractivity contribution in [1.82, 2.24) is 4.98 Å². The van der Waals surface area contributed by atoms with Gasteiger partial charge in [-0.25, -0.2) is 4.98 Å². The minimum absolute atomic E-state index is 0.0492. The monoisotopic (exact) mass is 416 g/mol. The van der Waals surface area contributed by atoms with Crippen molar-refractivity contribution >= 4 is 46.3 Å². The highest BCUT2D eigenvalue weighted by molar-refractivity contribution is 8.00. The number of halogens is 1. The van der Waals surface area contributed by atoms with Crippen LogP contribution in [0.2, 0.25) is 5.02 Å². The number of carbonyl (C=O) groups excluding carboxylic acids is 1. The highest BCUT2D eigenvalue weighted by Gasteiger charge is 2.09. The van der Waals surface area contributed by atoms with Gasteiger partial charge in [-0.3, -0.25) is 4.79 Å². The summed E-state index contributed by atoms with van der Waals surface area (Å²) in [5.41, 5.74) is 4.07. The van der Waals surface area contributed by atoms with E-state index in [0.29, 0.717) is 5.92 Å². The number of hydrogen-bond acceptors (Lipinski definition) is 4. The second kappa shape index (κ2) is 9.40. The molecule has 0 fully saturated rings. The van der Waals surface area contributed by atoms with Crippen molar-refractivity contribution in [3.63, 3.8) is 0 Å². The number of thiazole rings is 1. The van der Waals surface area contributed by atoms with Crippen LogP contribution in [0.4, 0.5) is 5.69 Å². The summed E-state index contributed by atoms with van der Waals surface area (Å²) in [5, 5.41) is 5.63. The lowest BCUT2D eigenvalue weighted by molar-refractivity contribution is -0.115. The number of amides is 1. The molecule has 1 N–H and O–H groups in total. The number of nitrogens with zero attached hydrogens (tertiary/aromatic N) is 1. The Bertz CT molecular complexity index is 889. The van der Waals surface area contributed by atoms with E-state index in [1.807, 2.05) is 41.8 Å². The standard InChI is InChI=1S/C21H21ClN2OS2/c1-14(2)16-5-9-18(10-6-16)23-20(25)11-19-13-27-21(24-19)26-12-15-3-7-17(22)8-4-15/h3-10,13-14H,11-12H2,1-2H3,(H,23,25). The van der Waals surface area contributed by atoms with Gasteiger partial charge in [-0.1, -0.05) is 61.5 Å². The highest BCUT2D eigenvalue weighted by atomic mass is 35.5. The number of carbonyl (C=O) groups is 1. The Kier molecular flexibility index (Phi) is 6.94. The molecule has 0 atom stereocenters. The summed E-state index contributed by atoms with van der Waals surface area (Å²) in [4.78, 5) is 16.8. The topological polar surface area (TPSA) is 42.0 Å². The summed E-state index contributed by atoms with van der Waals surface area (Å²) < 4.78 is 0.967. The van der Waals surface area contributed by atoms with Gasteiger partial charge in [0.25, 0.3) is 0 Å². The van der Waals surface area contributed by atoms with Crippen molar-refractivity contribution in [2.24, 2.45) is 0 Å². The fourth-order valence-electron chi connectivity index (χ4n) is 2.48. The van der Waals surface area contributed by atoms with Crippen LogP contribution in [-0.2, 0) is 17.0 Å². The van der Waals surface area contributed by atoms with Crippen molar-refractivity contribution in [3.05, 3.63) is 75.8 Å². The van der Waals surface area contributed by atoms with E-state index in [-0.39, 0.29) is 12.3 Å². The van der Waals surface area contributed by atoms with Crippen LogP contribution in [0.5, 0.6) is 0 Å². The lowest BCUT2D eigenvalue weighted by atomic mass is 10.0. The summed E-state index contributed by atoms with van der Waals surface area (Å²) in [6.07, 6.45) is 0.282. The molecule has 0 aliphatic carbocycles. The van der Waals surface area contributed by atoms with Gasteiger partial charge in [0, 0.05) is 21.8 Å². The van der Waals surface area contributed by atoms with E-state index in [1.165, 1.54) is 11.1 Å². The zero-order valence-electron chi connectivity index (χ0n) is 15.2. The van der Waals surface area contributed by atoms with E-state index in [2.05, 4.69) is 36.3 Å². The number of benzene rings is 2. The first kappa shape index (κ1) is 19.9. The zero-order chi connectivity index (χ0) is 19.2. The molecule has 3 aromatic rings. The molecule has 3 rings (SSSR count). The van der Waals surface area contributed by atoms with Gasteiger partial charge in [-0.2, -0.15) is 0 Å². The van der Waals surface area contributed by atoms with Crippen LogP contribution in [-0.4, -0.2) is 10.9 Å². The second-order valence-electron chi connectivity index (χ2n) is 6.52. The van der Waals surface area contributed by atoms with Gasteiger partial charge in [0.2, 0.25) is 5.91 Å². The van der Waals surface area contributed by atoms with Gasteiger partial charge < -0.3 is 5.32 Å². The fourth-order valence-corrected chi connectivity index (χ4v) is 4.41. The van der Waals surface area contributed by atoms with Crippen LogP contribution in [0.1, 0.15) is 36.6 Å². The van der Waals surface area contributed by atoms with E-state index in [9.17, 15) is 4.79 Å². The summed E-state index contributed by atoms with van der Waals surface area (Å²) >= 11 is 9.14. The molecular formula is C21H21ClN2OS2. The summed E-state index contributed by atoms with van der Waals surface area (Å²) in [6, 6.07) is 15.8. The summed E-state index contributed by atoms with van der Waals surface area (Å²) in [5.74, 6) is 1.26. The Balaban J connectivity index is 1.50. The second-order valence-corrected chi connectivity index (χ2v) is 9.04. The maximum absolute atomic E-state index is 12.3. The van der Waals surface area contributed by atoms with E-state index in [4.69, 9.17) is 11.6 Å². The Hall–Kier alpha value is -1.82. The van der Waals surface area contributed by atoms with Crippen LogP contribution in [0.25, 0.3) is 0 Å². The SMILES string of the molecule is CC(C)c1ccc(NC(=O)Cc2csc(SCc3ccc(Cl)cc3)n2)cc1. The van der Waals surface area contributed by atoms with Gasteiger partial charge in [0.15, 0.2) is 0 Å². The molecule has 0 bridgehead atoms. The highest BCUT2D eigenvalue weighted by Crippen LogP contribution is 2.27. The van der Waals surface area contributed by atoms with Gasteiger partial charge in [0.05, 0.1) is 12.1 Å². The molecule has 0 spiro atoms. The number of rotatable bonds is 7. The Morgan fingerprint density at radius 3 is 2.52 bits per heavy atom. The summed E-state index contributed by atoms with van der Waals surface area (Å²) in [7, 11) is 0. The number of nitrogens with one attached hydrogen (secondary N) is 1. The molecule has 0 saturated heterocycles. The molecule has 0 aliphatic rings. The maximum Gasteiger partial charge on any atom is 0.230 e. The van der Waals surface area contributed by atoms with E-state index < -0.39 is 0 Å². The fraction of sp³-hybridized carbons (Fsp3) is 0.238. The number of anilines is 1. The smallest absolute Gasteiger partial charge is 0.230 e. The minimum atomic E-state index is -0.0492. The van der Waals surface area contributed by atoms with E-state index >= 15 is 0 Å². The summed E-state index contributed by atoms with van der Waals surface area (Å²) in [6.45, 7) is 4.30. The van der Waals surface area contributed by atoms with Crippen LogP contribution < -0.4 is 5.32 Å². The van der Waals surface area contributed by atoms with Crippen LogP contribution in [0, 0.1) is 0 Å². The lowest BCUT2D eigenvalue weighted by Gasteiger charge is -2.08. The van der Waals surface area contributed by atoms with Crippen molar-refractivity contribution in [2.75, 3.05) is 5.32 Å². The maximum atomic E-state index is 12.3. The molecule has 0 saturated carbocycles. The molecular weight excluding hydrogens is 396 g/mol. The predicted molar refractivity (Wildman–Crippen MR) is 116 cm³/mol. The molecule has 0 aliphatic heterocycles. The van der Waals surface area contributed by atoms with E-state index in [0.717, 1.165) is 26.5 Å². The van der Waals surface area contributed by atoms with Crippen LogP contribution in [0.15, 0.2) is 58.3 Å². The molecule has 1 aromatic heterocycles. The third kappa shape index (κ3) is 6.09. The molecule has 1 amide bonds. The zero-order valence-corrected chi connectivity index (χ0v) is 17.6. The molecule has 0 radical (unpaired) electrons. The number of aromatic nitrogens is 1. The quantitative estimate of drug-likeness (QED) is 0.453. The Morgan fingerprint density at radius 1 is 1.15 bits per heavy atom. The van der Waals surface area contributed by atoms with Crippen molar-refractivity contribution in [1.29, 1.82) is 0 Å². The largest absolute Gasteiger partial charge is 0.326 e. The lowest BCUT2D eigenvalue weighted by Crippen LogP contribution is -2.14. The first-order chi connectivity index (χ1) is 13.0. The van der Waals surface area contributed by atoms with Crippen LogP contribution in [0.3, 0.4) is 0 Å².